The highest BCUT2D eigenvalue weighted by molar-refractivity contribution is 5.80. The van der Waals surface area contributed by atoms with E-state index in [1.54, 1.807) is 13.2 Å². The summed E-state index contributed by atoms with van der Waals surface area (Å²) in [6, 6.07) is 9.91. The Kier molecular flexibility index (Phi) is 5.75. The molecule has 0 fully saturated rings. The molecule has 1 atom stereocenters. The number of hydrogen-bond donors (Lipinski definition) is 1. The van der Waals surface area contributed by atoms with Crippen LogP contribution in [0.4, 0.5) is 0 Å². The molecule has 1 rings (SSSR count). The van der Waals surface area contributed by atoms with Gasteiger partial charge in [-0.1, -0.05) is 48.6 Å². The second-order valence-electron chi connectivity index (χ2n) is 3.50. The molecular formula is C14H16O3. The van der Waals surface area contributed by atoms with Gasteiger partial charge in [0, 0.05) is 13.2 Å². The molecule has 17 heavy (non-hydrogen) atoms. The van der Waals surface area contributed by atoms with E-state index < -0.39 is 5.97 Å². The Morgan fingerprint density at radius 1 is 1.35 bits per heavy atom. The monoisotopic (exact) mass is 232 g/mol. The van der Waals surface area contributed by atoms with Crippen LogP contribution < -0.4 is 0 Å². The quantitative estimate of drug-likeness (QED) is 0.606. The molecule has 3 nitrogen and oxygen atoms in total. The second kappa shape index (κ2) is 7.41. The molecule has 0 aromatic heterocycles. The van der Waals surface area contributed by atoms with E-state index in [9.17, 15) is 4.79 Å². The normalized spacial score (nSPS) is 13.2. The number of carboxylic acids is 1. The van der Waals surface area contributed by atoms with Crippen LogP contribution in [0.1, 0.15) is 18.1 Å². The fraction of sp³-hybridized carbons (Fsp3) is 0.214. The maximum atomic E-state index is 10.2. The highest BCUT2D eigenvalue weighted by atomic mass is 16.5. The number of rotatable bonds is 6. The van der Waals surface area contributed by atoms with Crippen LogP contribution in [0.25, 0.3) is 0 Å². The largest absolute Gasteiger partial charge is 0.478 e. The van der Waals surface area contributed by atoms with Crippen LogP contribution in [0.5, 0.6) is 0 Å². The third-order valence-corrected chi connectivity index (χ3v) is 2.29. The van der Waals surface area contributed by atoms with Crippen LogP contribution in [0, 0.1) is 0 Å². The molecule has 0 aliphatic rings. The van der Waals surface area contributed by atoms with Crippen molar-refractivity contribution in [2.24, 2.45) is 0 Å². The average Bonchev–Trinajstić information content (AvgIpc) is 2.34. The van der Waals surface area contributed by atoms with Gasteiger partial charge in [0.2, 0.25) is 0 Å². The highest BCUT2D eigenvalue weighted by Gasteiger charge is 2.06. The minimum atomic E-state index is -0.944. The van der Waals surface area contributed by atoms with Crippen LogP contribution in [0.15, 0.2) is 54.6 Å². The smallest absolute Gasteiger partial charge is 0.328 e. The minimum absolute atomic E-state index is 0.00526. The number of hydrogen-bond acceptors (Lipinski definition) is 2. The summed E-state index contributed by atoms with van der Waals surface area (Å²) in [4.78, 5) is 10.2. The zero-order valence-electron chi connectivity index (χ0n) is 9.74. The first kappa shape index (κ1) is 13.2. The summed E-state index contributed by atoms with van der Waals surface area (Å²) in [6.07, 6.45) is 6.92. The molecule has 1 aromatic rings. The van der Waals surface area contributed by atoms with Crippen molar-refractivity contribution >= 4 is 5.97 Å². The Morgan fingerprint density at radius 2 is 2.06 bits per heavy atom. The minimum Gasteiger partial charge on any atom is -0.478 e. The van der Waals surface area contributed by atoms with Gasteiger partial charge in [-0.3, -0.25) is 0 Å². The van der Waals surface area contributed by atoms with Crippen LogP contribution in [0.3, 0.4) is 0 Å². The van der Waals surface area contributed by atoms with E-state index in [2.05, 4.69) is 0 Å². The van der Waals surface area contributed by atoms with Crippen molar-refractivity contribution < 1.29 is 14.6 Å². The zero-order valence-corrected chi connectivity index (χ0v) is 9.74. The average molecular weight is 232 g/mol. The fourth-order valence-corrected chi connectivity index (χ4v) is 1.45. The molecule has 0 saturated carbocycles. The molecule has 3 heteroatoms. The lowest BCUT2D eigenvalue weighted by atomic mass is 10.1. The van der Waals surface area contributed by atoms with E-state index >= 15 is 0 Å². The predicted molar refractivity (Wildman–Crippen MR) is 66.7 cm³/mol. The van der Waals surface area contributed by atoms with Gasteiger partial charge in [-0.15, -0.1) is 0 Å². The molecular weight excluding hydrogens is 216 g/mol. The molecule has 1 unspecified atom stereocenters. The van der Waals surface area contributed by atoms with Gasteiger partial charge in [0.1, 0.15) is 0 Å². The summed E-state index contributed by atoms with van der Waals surface area (Å²) < 4.78 is 5.37. The van der Waals surface area contributed by atoms with Crippen molar-refractivity contribution in [2.45, 2.75) is 12.5 Å². The first-order valence-electron chi connectivity index (χ1n) is 5.38. The first-order valence-corrected chi connectivity index (χ1v) is 5.38. The third-order valence-electron chi connectivity index (χ3n) is 2.29. The molecule has 0 radical (unpaired) electrons. The molecule has 90 valence electrons. The SMILES string of the molecule is COC(CC=CC=CC(=O)O)c1ccccc1. The molecule has 0 amide bonds. The van der Waals surface area contributed by atoms with Gasteiger partial charge in [-0.25, -0.2) is 4.79 Å². The number of benzene rings is 1. The van der Waals surface area contributed by atoms with Crippen LogP contribution in [-0.4, -0.2) is 18.2 Å². The number of methoxy groups -OCH3 is 1. The molecule has 0 bridgehead atoms. The maximum Gasteiger partial charge on any atom is 0.328 e. The van der Waals surface area contributed by atoms with Crippen molar-refractivity contribution in [1.82, 2.24) is 0 Å². The van der Waals surface area contributed by atoms with E-state index in [0.717, 1.165) is 11.6 Å². The zero-order chi connectivity index (χ0) is 12.5. The van der Waals surface area contributed by atoms with Crippen LogP contribution >= 0.6 is 0 Å². The van der Waals surface area contributed by atoms with Crippen molar-refractivity contribution in [3.8, 4) is 0 Å². The van der Waals surface area contributed by atoms with E-state index in [4.69, 9.17) is 9.84 Å². The number of carboxylic acid groups (broad SMARTS) is 1. The van der Waals surface area contributed by atoms with Gasteiger partial charge in [0.25, 0.3) is 0 Å². The Labute approximate surface area is 101 Å². The number of allylic oxidation sites excluding steroid dienone is 2. The summed E-state index contributed by atoms with van der Waals surface area (Å²) in [5.74, 6) is -0.944. The Hall–Kier alpha value is -1.87. The van der Waals surface area contributed by atoms with Crippen molar-refractivity contribution in [1.29, 1.82) is 0 Å². The Morgan fingerprint density at radius 3 is 2.65 bits per heavy atom. The van der Waals surface area contributed by atoms with Crippen molar-refractivity contribution in [2.75, 3.05) is 7.11 Å². The lowest BCUT2D eigenvalue weighted by Crippen LogP contribution is -1.99. The summed E-state index contributed by atoms with van der Waals surface area (Å²) in [5.41, 5.74) is 1.11. The topological polar surface area (TPSA) is 46.5 Å². The van der Waals surface area contributed by atoms with Crippen LogP contribution in [-0.2, 0) is 9.53 Å². The highest BCUT2D eigenvalue weighted by Crippen LogP contribution is 2.20. The summed E-state index contributed by atoms with van der Waals surface area (Å²) in [5, 5.41) is 8.40. The molecule has 0 spiro atoms. The van der Waals surface area contributed by atoms with E-state index in [-0.39, 0.29) is 6.10 Å². The Balaban J connectivity index is 2.51. The van der Waals surface area contributed by atoms with E-state index in [0.29, 0.717) is 6.42 Å². The summed E-state index contributed by atoms with van der Waals surface area (Å²) in [7, 11) is 1.67. The summed E-state index contributed by atoms with van der Waals surface area (Å²) >= 11 is 0. The van der Waals surface area contributed by atoms with Gasteiger partial charge < -0.3 is 9.84 Å². The third kappa shape index (κ3) is 5.13. The van der Waals surface area contributed by atoms with E-state index in [1.807, 2.05) is 36.4 Å². The lowest BCUT2D eigenvalue weighted by Gasteiger charge is -2.13. The molecule has 0 aliphatic carbocycles. The van der Waals surface area contributed by atoms with Gasteiger partial charge in [-0.2, -0.15) is 0 Å². The molecule has 0 saturated heterocycles. The van der Waals surface area contributed by atoms with Crippen molar-refractivity contribution in [3.63, 3.8) is 0 Å². The number of ether oxygens (including phenoxy) is 1. The molecule has 0 heterocycles. The summed E-state index contributed by atoms with van der Waals surface area (Å²) in [6.45, 7) is 0. The standard InChI is InChI=1S/C14H16O3/c1-17-13(12-8-4-2-5-9-12)10-6-3-7-11-14(15)16/h2-9,11,13H,10H2,1H3,(H,15,16). The predicted octanol–water partition coefficient (Wildman–Crippen LogP) is 2.96. The van der Waals surface area contributed by atoms with Gasteiger partial charge in [0.05, 0.1) is 6.10 Å². The van der Waals surface area contributed by atoms with Gasteiger partial charge >= 0.3 is 5.97 Å². The second-order valence-corrected chi connectivity index (χ2v) is 3.50. The lowest BCUT2D eigenvalue weighted by molar-refractivity contribution is -0.131. The number of aliphatic carboxylic acids is 1. The molecule has 0 aliphatic heterocycles. The molecule has 1 aromatic carbocycles. The number of carbonyl (C=O) groups is 1. The van der Waals surface area contributed by atoms with Gasteiger partial charge in [0.15, 0.2) is 0 Å². The van der Waals surface area contributed by atoms with Crippen LogP contribution in [0.2, 0.25) is 0 Å². The Bertz CT molecular complexity index is 393. The fourth-order valence-electron chi connectivity index (χ4n) is 1.45. The first-order chi connectivity index (χ1) is 8.24. The molecule has 1 N–H and O–H groups in total. The van der Waals surface area contributed by atoms with E-state index in [1.165, 1.54) is 6.08 Å². The maximum absolute atomic E-state index is 10.2. The van der Waals surface area contributed by atoms with Gasteiger partial charge in [-0.05, 0) is 12.0 Å². The van der Waals surface area contributed by atoms with Crippen molar-refractivity contribution in [3.05, 3.63) is 60.2 Å².